The number of thioether (sulfide) groups is 1. The van der Waals surface area contributed by atoms with Crippen LogP contribution in [0.4, 0.5) is 11.4 Å². The minimum atomic E-state index is -0.270. The van der Waals surface area contributed by atoms with Crippen molar-refractivity contribution in [3.63, 3.8) is 0 Å². The molecule has 0 aromatic heterocycles. The Morgan fingerprint density at radius 3 is 2.57 bits per heavy atom. The number of nitrogens with two attached hydrogens (primary N) is 1. The number of nitrogen functional groups attached to an aromatic ring is 1. The molecule has 0 aliphatic carbocycles. The number of phenols is 2. The molecule has 6 heteroatoms. The summed E-state index contributed by atoms with van der Waals surface area (Å²) in [5.41, 5.74) is 7.40. The van der Waals surface area contributed by atoms with E-state index in [4.69, 9.17) is 5.73 Å². The molecule has 0 spiro atoms. The van der Waals surface area contributed by atoms with Crippen LogP contribution in [-0.4, -0.2) is 28.4 Å². The van der Waals surface area contributed by atoms with Crippen LogP contribution >= 0.6 is 11.8 Å². The Kier molecular flexibility index (Phi) is 3.39. The van der Waals surface area contributed by atoms with Gasteiger partial charge in [-0.15, -0.1) is 11.8 Å². The molecule has 3 rings (SSSR count). The molecule has 0 atom stereocenters. The second-order valence-corrected chi connectivity index (χ2v) is 5.91. The molecule has 0 saturated carbocycles. The van der Waals surface area contributed by atoms with Gasteiger partial charge in [-0.1, -0.05) is 0 Å². The molecular weight excluding hydrogens is 288 g/mol. The zero-order chi connectivity index (χ0) is 15.0. The summed E-state index contributed by atoms with van der Waals surface area (Å²) in [4.78, 5) is 15.2. The van der Waals surface area contributed by atoms with E-state index in [1.165, 1.54) is 18.2 Å². The topological polar surface area (TPSA) is 86.8 Å². The molecule has 1 aliphatic rings. The Hall–Kier alpha value is -2.34. The van der Waals surface area contributed by atoms with Crippen molar-refractivity contribution >= 4 is 29.0 Å². The van der Waals surface area contributed by atoms with Crippen LogP contribution in [0.5, 0.6) is 11.5 Å². The third kappa shape index (κ3) is 2.62. The Bertz CT molecular complexity index is 698. The standard InChI is InChI=1S/C15H14N2O3S/c16-10-1-2-14-13(7-10)17(3-4-21-14)15(20)9-5-11(18)8-12(19)6-9/h1-2,5-8,18-19H,3-4,16H2. The minimum absolute atomic E-state index is 0.141. The predicted octanol–water partition coefficient (Wildman–Crippen LogP) is 2.43. The number of amides is 1. The zero-order valence-electron chi connectivity index (χ0n) is 11.1. The third-order valence-electron chi connectivity index (χ3n) is 3.24. The van der Waals surface area contributed by atoms with Crippen molar-refractivity contribution in [2.45, 2.75) is 4.90 Å². The monoisotopic (exact) mass is 302 g/mol. The van der Waals surface area contributed by atoms with E-state index in [1.807, 2.05) is 6.07 Å². The molecule has 0 bridgehead atoms. The maximum absolute atomic E-state index is 12.6. The summed E-state index contributed by atoms with van der Waals surface area (Å²) >= 11 is 1.67. The third-order valence-corrected chi connectivity index (χ3v) is 4.28. The van der Waals surface area contributed by atoms with Crippen LogP contribution in [-0.2, 0) is 0 Å². The van der Waals surface area contributed by atoms with Crippen LogP contribution < -0.4 is 10.6 Å². The van der Waals surface area contributed by atoms with Gasteiger partial charge in [-0.2, -0.15) is 0 Å². The van der Waals surface area contributed by atoms with Crippen LogP contribution in [0.1, 0.15) is 10.4 Å². The fourth-order valence-electron chi connectivity index (χ4n) is 2.32. The summed E-state index contributed by atoms with van der Waals surface area (Å²) in [5, 5.41) is 19.1. The Morgan fingerprint density at radius 1 is 1.14 bits per heavy atom. The number of fused-ring (bicyclic) bond motifs is 1. The molecule has 0 unspecified atom stereocenters. The second-order valence-electron chi connectivity index (χ2n) is 4.77. The lowest BCUT2D eigenvalue weighted by molar-refractivity contribution is 0.0987. The van der Waals surface area contributed by atoms with Crippen LogP contribution in [0.2, 0.25) is 0 Å². The van der Waals surface area contributed by atoms with Crippen molar-refractivity contribution in [3.8, 4) is 11.5 Å². The lowest BCUT2D eigenvalue weighted by Gasteiger charge is -2.29. The van der Waals surface area contributed by atoms with Crippen molar-refractivity contribution in [1.82, 2.24) is 0 Å². The summed E-state index contributed by atoms with van der Waals surface area (Å²) in [6.45, 7) is 0.552. The van der Waals surface area contributed by atoms with Gasteiger partial charge in [-0.25, -0.2) is 0 Å². The van der Waals surface area contributed by atoms with E-state index in [1.54, 1.807) is 28.8 Å². The van der Waals surface area contributed by atoms with E-state index >= 15 is 0 Å². The number of benzene rings is 2. The van der Waals surface area contributed by atoms with Gasteiger partial charge in [0.25, 0.3) is 5.91 Å². The summed E-state index contributed by atoms with van der Waals surface area (Å²) in [7, 11) is 0. The van der Waals surface area contributed by atoms with Gasteiger partial charge in [-0.3, -0.25) is 4.79 Å². The number of aromatic hydroxyl groups is 2. The lowest BCUT2D eigenvalue weighted by Crippen LogP contribution is -2.35. The maximum Gasteiger partial charge on any atom is 0.258 e. The van der Waals surface area contributed by atoms with Gasteiger partial charge >= 0.3 is 0 Å². The van der Waals surface area contributed by atoms with E-state index in [9.17, 15) is 15.0 Å². The van der Waals surface area contributed by atoms with E-state index in [0.29, 0.717) is 12.2 Å². The molecule has 5 nitrogen and oxygen atoms in total. The average Bonchev–Trinajstić information content (AvgIpc) is 2.44. The molecule has 1 aliphatic heterocycles. The summed E-state index contributed by atoms with van der Waals surface area (Å²) in [5.74, 6) is 0.233. The molecule has 0 radical (unpaired) electrons. The highest BCUT2D eigenvalue weighted by molar-refractivity contribution is 7.99. The highest BCUT2D eigenvalue weighted by Crippen LogP contribution is 2.37. The minimum Gasteiger partial charge on any atom is -0.508 e. The van der Waals surface area contributed by atoms with Crippen molar-refractivity contribution in [1.29, 1.82) is 0 Å². The number of carbonyl (C=O) groups excluding carboxylic acids is 1. The number of hydrogen-bond acceptors (Lipinski definition) is 5. The van der Waals surface area contributed by atoms with Crippen molar-refractivity contribution < 1.29 is 15.0 Å². The normalized spacial score (nSPS) is 13.8. The lowest BCUT2D eigenvalue weighted by atomic mass is 10.1. The molecule has 0 fully saturated rings. The molecule has 2 aromatic rings. The van der Waals surface area contributed by atoms with Gasteiger partial charge in [0.2, 0.25) is 0 Å². The average molecular weight is 302 g/mol. The van der Waals surface area contributed by atoms with Crippen LogP contribution in [0.3, 0.4) is 0 Å². The van der Waals surface area contributed by atoms with Gasteiger partial charge in [0.05, 0.1) is 5.69 Å². The summed E-state index contributed by atoms with van der Waals surface area (Å²) < 4.78 is 0. The number of nitrogens with zero attached hydrogens (tertiary/aromatic N) is 1. The molecule has 108 valence electrons. The van der Waals surface area contributed by atoms with E-state index < -0.39 is 0 Å². The Balaban J connectivity index is 2.01. The first-order valence-electron chi connectivity index (χ1n) is 6.42. The van der Waals surface area contributed by atoms with Crippen LogP contribution in [0.25, 0.3) is 0 Å². The fourth-order valence-corrected chi connectivity index (χ4v) is 3.30. The highest BCUT2D eigenvalue weighted by Gasteiger charge is 2.24. The van der Waals surface area contributed by atoms with Gasteiger partial charge in [0, 0.05) is 34.5 Å². The van der Waals surface area contributed by atoms with Gasteiger partial charge in [-0.05, 0) is 30.3 Å². The van der Waals surface area contributed by atoms with Crippen LogP contribution in [0.15, 0.2) is 41.3 Å². The van der Waals surface area contributed by atoms with Crippen molar-refractivity contribution in [2.75, 3.05) is 22.9 Å². The first-order valence-corrected chi connectivity index (χ1v) is 7.40. The fraction of sp³-hybridized carbons (Fsp3) is 0.133. The van der Waals surface area contributed by atoms with Crippen molar-refractivity contribution in [2.24, 2.45) is 0 Å². The number of anilines is 2. The SMILES string of the molecule is Nc1ccc2c(c1)N(C(=O)c1cc(O)cc(O)c1)CCS2. The highest BCUT2D eigenvalue weighted by atomic mass is 32.2. The first-order chi connectivity index (χ1) is 10.0. The zero-order valence-corrected chi connectivity index (χ0v) is 11.9. The molecule has 1 amide bonds. The molecule has 1 heterocycles. The largest absolute Gasteiger partial charge is 0.508 e. The predicted molar refractivity (Wildman–Crippen MR) is 83.0 cm³/mol. The summed E-state index contributed by atoms with van der Waals surface area (Å²) in [6, 6.07) is 9.34. The molecule has 21 heavy (non-hydrogen) atoms. The van der Waals surface area contributed by atoms with E-state index in [-0.39, 0.29) is 23.0 Å². The van der Waals surface area contributed by atoms with Gasteiger partial charge in [0.15, 0.2) is 0 Å². The van der Waals surface area contributed by atoms with Crippen LogP contribution in [0, 0.1) is 0 Å². The second kappa shape index (κ2) is 5.21. The van der Waals surface area contributed by atoms with Crippen molar-refractivity contribution in [3.05, 3.63) is 42.0 Å². The number of phenolic OH excluding ortho intramolecular Hbond substituents is 2. The van der Waals surface area contributed by atoms with E-state index in [0.717, 1.165) is 16.3 Å². The number of rotatable bonds is 1. The maximum atomic E-state index is 12.6. The van der Waals surface area contributed by atoms with Gasteiger partial charge in [0.1, 0.15) is 11.5 Å². The smallest absolute Gasteiger partial charge is 0.258 e. The number of hydrogen-bond donors (Lipinski definition) is 3. The molecule has 0 saturated heterocycles. The molecular formula is C15H14N2O3S. The molecule has 2 aromatic carbocycles. The first kappa shape index (κ1) is 13.6. The Morgan fingerprint density at radius 2 is 1.86 bits per heavy atom. The Labute approximate surface area is 126 Å². The quantitative estimate of drug-likeness (QED) is 0.704. The van der Waals surface area contributed by atoms with Gasteiger partial charge < -0.3 is 20.8 Å². The van der Waals surface area contributed by atoms with E-state index in [2.05, 4.69) is 0 Å². The molecule has 4 N–H and O–H groups in total. The number of carbonyl (C=O) groups is 1. The summed E-state index contributed by atoms with van der Waals surface area (Å²) in [6.07, 6.45) is 0.